The van der Waals surface area contributed by atoms with E-state index >= 15 is 0 Å². The third kappa shape index (κ3) is 3.10. The highest BCUT2D eigenvalue weighted by molar-refractivity contribution is 7.53. The first-order valence-electron chi connectivity index (χ1n) is 2.60. The van der Waals surface area contributed by atoms with Crippen molar-refractivity contribution in [2.75, 3.05) is 6.16 Å². The van der Waals surface area contributed by atoms with Gasteiger partial charge in [-0.25, -0.2) is 15.8 Å². The van der Waals surface area contributed by atoms with Crippen LogP contribution < -0.4 is 5.90 Å². The molecule has 0 aromatic heterocycles. The van der Waals surface area contributed by atoms with E-state index in [1.165, 1.54) is 6.08 Å². The molecule has 10 heavy (non-hydrogen) atoms. The minimum Gasteiger partial charge on any atom is -0.256 e. The Kier molecular flexibility index (Phi) is 4.51. The number of rotatable bonds is 5. The Morgan fingerprint density at radius 2 is 2.40 bits per heavy atom. The lowest BCUT2D eigenvalue weighted by atomic mass is 10.5. The van der Waals surface area contributed by atoms with Gasteiger partial charge in [-0.15, -0.1) is 6.58 Å². The quantitative estimate of drug-likeness (QED) is 0.277. The summed E-state index contributed by atoms with van der Waals surface area (Å²) in [7, 11) is -3.44. The summed E-state index contributed by atoms with van der Waals surface area (Å²) in [5.41, 5.74) is 0. The summed E-state index contributed by atoms with van der Waals surface area (Å²) in [6, 6.07) is 0. The maximum absolute atomic E-state index is 10.8. The number of hydrogen-bond donors (Lipinski definition) is 2. The Labute approximate surface area is 58.9 Å². The van der Waals surface area contributed by atoms with Crippen LogP contribution in [0.15, 0.2) is 12.7 Å². The van der Waals surface area contributed by atoms with Crippen LogP contribution in [-0.2, 0) is 13.9 Å². The van der Waals surface area contributed by atoms with E-state index < -0.39 is 7.60 Å². The van der Waals surface area contributed by atoms with Gasteiger partial charge in [-0.05, 0) is 6.42 Å². The van der Waals surface area contributed by atoms with Crippen molar-refractivity contribution in [2.24, 2.45) is 5.90 Å². The van der Waals surface area contributed by atoms with Gasteiger partial charge in [0.15, 0.2) is 0 Å². The van der Waals surface area contributed by atoms with Gasteiger partial charge >= 0.3 is 7.60 Å². The zero-order valence-electron chi connectivity index (χ0n) is 5.40. The predicted molar refractivity (Wildman–Crippen MR) is 36.3 cm³/mol. The van der Waals surface area contributed by atoms with Gasteiger partial charge in [-0.2, -0.15) is 4.67 Å². The average Bonchev–Trinajstić information content (AvgIpc) is 2.00. The first-order valence-corrected chi connectivity index (χ1v) is 4.33. The summed E-state index contributed by atoms with van der Waals surface area (Å²) in [5, 5.41) is 8.01. The third-order valence-electron chi connectivity index (χ3n) is 0.892. The lowest BCUT2D eigenvalue weighted by molar-refractivity contribution is -0.149. The van der Waals surface area contributed by atoms with Crippen molar-refractivity contribution in [1.29, 1.82) is 0 Å². The van der Waals surface area contributed by atoms with Crippen molar-refractivity contribution in [3.05, 3.63) is 12.7 Å². The molecule has 0 amide bonds. The molecule has 0 aromatic carbocycles. The molecule has 0 bridgehead atoms. The van der Waals surface area contributed by atoms with Crippen LogP contribution in [0.1, 0.15) is 6.42 Å². The molecular formula is C4H10NO4P. The van der Waals surface area contributed by atoms with Crippen LogP contribution in [0, 0.1) is 0 Å². The smallest absolute Gasteiger partial charge is 0.256 e. The molecule has 1 atom stereocenters. The molecule has 0 saturated carbocycles. The first kappa shape index (κ1) is 9.81. The number of hydrogen-bond acceptors (Lipinski definition) is 5. The van der Waals surface area contributed by atoms with Crippen LogP contribution in [0.4, 0.5) is 0 Å². The average molecular weight is 167 g/mol. The van der Waals surface area contributed by atoms with Crippen molar-refractivity contribution in [3.63, 3.8) is 0 Å². The molecule has 0 radical (unpaired) electrons. The summed E-state index contributed by atoms with van der Waals surface area (Å²) in [6.07, 6.45) is 1.96. The van der Waals surface area contributed by atoms with Crippen LogP contribution >= 0.6 is 7.60 Å². The van der Waals surface area contributed by atoms with Crippen molar-refractivity contribution in [3.8, 4) is 0 Å². The maximum atomic E-state index is 10.8. The van der Waals surface area contributed by atoms with Gasteiger partial charge in [-0.1, -0.05) is 6.08 Å². The second kappa shape index (κ2) is 4.60. The second-order valence-corrected chi connectivity index (χ2v) is 3.64. The topological polar surface area (TPSA) is 81.8 Å². The fourth-order valence-electron chi connectivity index (χ4n) is 0.362. The molecule has 3 N–H and O–H groups in total. The zero-order valence-corrected chi connectivity index (χ0v) is 6.29. The first-order chi connectivity index (χ1) is 4.68. The highest BCUT2D eigenvalue weighted by Crippen LogP contribution is 2.45. The Bertz CT molecular complexity index is 140. The van der Waals surface area contributed by atoms with E-state index in [9.17, 15) is 4.57 Å². The molecule has 5 nitrogen and oxygen atoms in total. The van der Waals surface area contributed by atoms with E-state index in [1.807, 2.05) is 0 Å². The molecule has 0 aliphatic heterocycles. The van der Waals surface area contributed by atoms with Gasteiger partial charge in [0.05, 0.1) is 6.16 Å². The third-order valence-corrected chi connectivity index (χ3v) is 2.27. The maximum Gasteiger partial charge on any atom is 0.373 e. The molecule has 0 fully saturated rings. The molecule has 60 valence electrons. The molecule has 0 saturated heterocycles. The summed E-state index contributed by atoms with van der Waals surface area (Å²) in [5.74, 6) is 4.58. The Morgan fingerprint density at radius 3 is 2.70 bits per heavy atom. The zero-order chi connectivity index (χ0) is 8.04. The van der Waals surface area contributed by atoms with Crippen molar-refractivity contribution >= 4 is 7.60 Å². The van der Waals surface area contributed by atoms with E-state index in [-0.39, 0.29) is 6.16 Å². The largest absolute Gasteiger partial charge is 0.373 e. The summed E-state index contributed by atoms with van der Waals surface area (Å²) < 4.78 is 18.3. The Morgan fingerprint density at radius 1 is 1.80 bits per heavy atom. The second-order valence-electron chi connectivity index (χ2n) is 1.60. The molecule has 1 unspecified atom stereocenters. The van der Waals surface area contributed by atoms with Gasteiger partial charge in [0, 0.05) is 0 Å². The minimum absolute atomic E-state index is 0.0312. The van der Waals surface area contributed by atoms with E-state index in [1.54, 1.807) is 0 Å². The van der Waals surface area contributed by atoms with Gasteiger partial charge in [-0.3, -0.25) is 4.57 Å². The monoisotopic (exact) mass is 167 g/mol. The van der Waals surface area contributed by atoms with Gasteiger partial charge in [0.25, 0.3) is 0 Å². The van der Waals surface area contributed by atoms with Crippen LogP contribution in [0.5, 0.6) is 0 Å². The van der Waals surface area contributed by atoms with Crippen LogP contribution in [0.3, 0.4) is 0 Å². The molecule has 0 aromatic rings. The minimum atomic E-state index is -3.44. The summed E-state index contributed by atoms with van der Waals surface area (Å²) in [4.78, 5) is 0. The highest BCUT2D eigenvalue weighted by Gasteiger charge is 2.22. The normalized spacial score (nSPS) is 16.2. The van der Waals surface area contributed by atoms with Gasteiger partial charge in [0.1, 0.15) is 0 Å². The standard InChI is InChI=1S/C4H10NO4P/c1-2-3-4-10(7,8-5)9-6/h2,6H,1,3-5H2. The summed E-state index contributed by atoms with van der Waals surface area (Å²) >= 11 is 0. The fraction of sp³-hybridized carbons (Fsp3) is 0.500. The van der Waals surface area contributed by atoms with Crippen molar-refractivity contribution in [1.82, 2.24) is 0 Å². The SMILES string of the molecule is C=CCCP(=O)(ON)OO. The molecule has 0 heterocycles. The summed E-state index contributed by atoms with van der Waals surface area (Å²) in [6.45, 7) is 3.38. The van der Waals surface area contributed by atoms with Crippen LogP contribution in [-0.4, -0.2) is 11.4 Å². The van der Waals surface area contributed by atoms with E-state index in [2.05, 4.69) is 21.8 Å². The van der Waals surface area contributed by atoms with Crippen LogP contribution in [0.25, 0.3) is 0 Å². The number of nitrogens with two attached hydrogens (primary N) is 1. The van der Waals surface area contributed by atoms with Crippen LogP contribution in [0.2, 0.25) is 0 Å². The molecule has 0 spiro atoms. The van der Waals surface area contributed by atoms with E-state index in [4.69, 9.17) is 5.26 Å². The van der Waals surface area contributed by atoms with Crippen molar-refractivity contribution < 1.29 is 19.1 Å². The highest BCUT2D eigenvalue weighted by atomic mass is 31.2. The lowest BCUT2D eigenvalue weighted by Crippen LogP contribution is -2.02. The van der Waals surface area contributed by atoms with E-state index in [0.717, 1.165) is 0 Å². The lowest BCUT2D eigenvalue weighted by Gasteiger charge is -2.07. The van der Waals surface area contributed by atoms with Gasteiger partial charge < -0.3 is 0 Å². The molecule has 0 aliphatic carbocycles. The molecular weight excluding hydrogens is 157 g/mol. The predicted octanol–water partition coefficient (Wildman–Crippen LogP) is 1.14. The van der Waals surface area contributed by atoms with E-state index in [0.29, 0.717) is 6.42 Å². The molecule has 0 aliphatic rings. The molecule has 0 rings (SSSR count). The number of allylic oxidation sites excluding steroid dienone is 1. The molecule has 6 heteroatoms. The van der Waals surface area contributed by atoms with Crippen molar-refractivity contribution in [2.45, 2.75) is 6.42 Å². The van der Waals surface area contributed by atoms with Gasteiger partial charge in [0.2, 0.25) is 0 Å². The Hall–Kier alpha value is -0.190. The fourth-order valence-corrected chi connectivity index (χ4v) is 1.09. The Balaban J connectivity index is 3.81.